The number of halogens is 1. The molecule has 1 fully saturated rings. The molecular formula is C14H18INO4S. The maximum absolute atomic E-state index is 12.5. The van der Waals surface area contributed by atoms with Gasteiger partial charge < -0.3 is 4.74 Å². The zero-order chi connectivity index (χ0) is 15.5. The summed E-state index contributed by atoms with van der Waals surface area (Å²) >= 11 is 2.14. The van der Waals surface area contributed by atoms with Gasteiger partial charge in [-0.2, -0.15) is 4.31 Å². The fraction of sp³-hybridized carbons (Fsp3) is 0.500. The molecule has 0 unspecified atom stereocenters. The zero-order valence-corrected chi connectivity index (χ0v) is 14.8. The van der Waals surface area contributed by atoms with E-state index in [9.17, 15) is 13.2 Å². The highest BCUT2D eigenvalue weighted by Gasteiger charge is 2.32. The third-order valence-electron chi connectivity index (χ3n) is 3.53. The lowest BCUT2D eigenvalue weighted by atomic mass is 9.98. The number of carbonyl (C=O) groups excluding carboxylic acids is 1. The maximum Gasteiger partial charge on any atom is 0.309 e. The smallest absolute Gasteiger partial charge is 0.309 e. The first-order chi connectivity index (χ1) is 9.95. The van der Waals surface area contributed by atoms with Crippen molar-refractivity contribution in [2.75, 3.05) is 19.7 Å². The van der Waals surface area contributed by atoms with Crippen LogP contribution in [0.1, 0.15) is 19.8 Å². The summed E-state index contributed by atoms with van der Waals surface area (Å²) in [6.45, 7) is 2.85. The Bertz CT molecular complexity index is 592. The van der Waals surface area contributed by atoms with Crippen molar-refractivity contribution in [1.29, 1.82) is 0 Å². The molecule has 0 N–H and O–H groups in total. The molecule has 0 amide bonds. The van der Waals surface area contributed by atoms with E-state index in [2.05, 4.69) is 22.6 Å². The zero-order valence-electron chi connectivity index (χ0n) is 11.8. The summed E-state index contributed by atoms with van der Waals surface area (Å²) in [7, 11) is -3.46. The van der Waals surface area contributed by atoms with Crippen LogP contribution in [0.25, 0.3) is 0 Å². The number of hydrogen-bond acceptors (Lipinski definition) is 4. The Kier molecular flexibility index (Phi) is 5.61. The molecule has 1 saturated heterocycles. The highest BCUT2D eigenvalue weighted by molar-refractivity contribution is 14.1. The first-order valence-electron chi connectivity index (χ1n) is 6.87. The van der Waals surface area contributed by atoms with Crippen molar-refractivity contribution in [2.45, 2.75) is 24.7 Å². The van der Waals surface area contributed by atoms with Gasteiger partial charge in [-0.25, -0.2) is 8.42 Å². The van der Waals surface area contributed by atoms with E-state index in [0.717, 1.165) is 3.57 Å². The Morgan fingerprint density at radius 1 is 1.29 bits per heavy atom. The first kappa shape index (κ1) is 16.7. The molecule has 1 aromatic rings. The first-order valence-corrected chi connectivity index (χ1v) is 9.39. The number of esters is 1. The van der Waals surface area contributed by atoms with Gasteiger partial charge in [0, 0.05) is 16.7 Å². The van der Waals surface area contributed by atoms with E-state index in [-0.39, 0.29) is 11.9 Å². The van der Waals surface area contributed by atoms with Crippen molar-refractivity contribution in [1.82, 2.24) is 4.31 Å². The molecule has 0 radical (unpaired) electrons. The molecule has 0 aromatic heterocycles. The Labute approximate surface area is 138 Å². The topological polar surface area (TPSA) is 63.7 Å². The van der Waals surface area contributed by atoms with Gasteiger partial charge in [0.1, 0.15) is 0 Å². The highest BCUT2D eigenvalue weighted by Crippen LogP contribution is 2.25. The Balaban J connectivity index is 2.04. The Morgan fingerprint density at radius 2 is 1.86 bits per heavy atom. The number of hydrogen-bond donors (Lipinski definition) is 0. The fourth-order valence-electron chi connectivity index (χ4n) is 2.35. The molecule has 1 heterocycles. The molecule has 5 nitrogen and oxygen atoms in total. The third kappa shape index (κ3) is 3.95. The normalized spacial score (nSPS) is 17.6. The highest BCUT2D eigenvalue weighted by atomic mass is 127. The number of sulfonamides is 1. The summed E-state index contributed by atoms with van der Waals surface area (Å²) in [5, 5.41) is 0. The van der Waals surface area contributed by atoms with Crippen molar-refractivity contribution >= 4 is 38.6 Å². The molecule has 0 aliphatic carbocycles. The number of nitrogens with zero attached hydrogens (tertiary/aromatic N) is 1. The van der Waals surface area contributed by atoms with Gasteiger partial charge in [0.15, 0.2) is 0 Å². The van der Waals surface area contributed by atoms with Gasteiger partial charge in [0.25, 0.3) is 0 Å². The van der Waals surface area contributed by atoms with Gasteiger partial charge in [-0.05, 0) is 66.6 Å². The van der Waals surface area contributed by atoms with Gasteiger partial charge >= 0.3 is 5.97 Å². The van der Waals surface area contributed by atoms with Crippen molar-refractivity contribution in [3.63, 3.8) is 0 Å². The van der Waals surface area contributed by atoms with Gasteiger partial charge in [-0.3, -0.25) is 4.79 Å². The van der Waals surface area contributed by atoms with E-state index in [0.29, 0.717) is 37.4 Å². The van der Waals surface area contributed by atoms with Crippen LogP contribution < -0.4 is 0 Å². The second-order valence-electron chi connectivity index (χ2n) is 4.88. The Morgan fingerprint density at radius 3 is 2.38 bits per heavy atom. The van der Waals surface area contributed by atoms with Crippen LogP contribution in [0.5, 0.6) is 0 Å². The second kappa shape index (κ2) is 7.06. The van der Waals surface area contributed by atoms with Crippen LogP contribution in [0, 0.1) is 9.49 Å². The average Bonchev–Trinajstić information content (AvgIpc) is 2.48. The van der Waals surface area contributed by atoms with Crippen LogP contribution in [0.4, 0.5) is 0 Å². The summed E-state index contributed by atoms with van der Waals surface area (Å²) < 4.78 is 32.5. The van der Waals surface area contributed by atoms with Crippen LogP contribution in [0.15, 0.2) is 29.2 Å². The minimum absolute atomic E-state index is 0.187. The van der Waals surface area contributed by atoms with E-state index < -0.39 is 10.0 Å². The van der Waals surface area contributed by atoms with E-state index in [1.165, 1.54) is 4.31 Å². The van der Waals surface area contributed by atoms with Gasteiger partial charge in [-0.15, -0.1) is 0 Å². The number of carbonyl (C=O) groups is 1. The summed E-state index contributed by atoms with van der Waals surface area (Å²) in [6.07, 6.45) is 1.03. The molecule has 1 aliphatic heterocycles. The third-order valence-corrected chi connectivity index (χ3v) is 6.16. The molecule has 1 aromatic carbocycles. The number of rotatable bonds is 4. The number of ether oxygens (including phenoxy) is 1. The maximum atomic E-state index is 12.5. The largest absolute Gasteiger partial charge is 0.466 e. The molecule has 7 heteroatoms. The summed E-state index contributed by atoms with van der Waals surface area (Å²) in [5.41, 5.74) is 0. The number of piperidine rings is 1. The minimum atomic E-state index is -3.46. The SMILES string of the molecule is CCOC(=O)C1CCN(S(=O)(=O)c2ccc(I)cc2)CC1. The standard InChI is InChI=1S/C14H18INO4S/c1-2-20-14(17)11-7-9-16(10-8-11)21(18,19)13-5-3-12(15)4-6-13/h3-6,11H,2,7-10H2,1H3. The van der Waals surface area contributed by atoms with Crippen LogP contribution in [-0.4, -0.2) is 38.4 Å². The molecular weight excluding hydrogens is 405 g/mol. The van der Waals surface area contributed by atoms with Crippen LogP contribution >= 0.6 is 22.6 Å². The van der Waals surface area contributed by atoms with Crippen molar-refractivity contribution < 1.29 is 17.9 Å². The minimum Gasteiger partial charge on any atom is -0.466 e. The van der Waals surface area contributed by atoms with Gasteiger partial charge in [0.2, 0.25) is 10.0 Å². The van der Waals surface area contributed by atoms with E-state index in [1.807, 2.05) is 0 Å². The molecule has 116 valence electrons. The van der Waals surface area contributed by atoms with Crippen LogP contribution in [-0.2, 0) is 19.6 Å². The van der Waals surface area contributed by atoms with Gasteiger partial charge in [-0.1, -0.05) is 0 Å². The predicted molar refractivity (Wildman–Crippen MR) is 87.3 cm³/mol. The van der Waals surface area contributed by atoms with E-state index >= 15 is 0 Å². The molecule has 0 saturated carbocycles. The van der Waals surface area contributed by atoms with Crippen molar-refractivity contribution in [2.24, 2.45) is 5.92 Å². The van der Waals surface area contributed by atoms with E-state index in [1.54, 1.807) is 31.2 Å². The van der Waals surface area contributed by atoms with Crippen LogP contribution in [0.3, 0.4) is 0 Å². The van der Waals surface area contributed by atoms with Crippen molar-refractivity contribution in [3.8, 4) is 0 Å². The van der Waals surface area contributed by atoms with Crippen LogP contribution in [0.2, 0.25) is 0 Å². The summed E-state index contributed by atoms with van der Waals surface area (Å²) in [5.74, 6) is -0.406. The lowest BCUT2D eigenvalue weighted by Gasteiger charge is -2.30. The molecule has 2 rings (SSSR count). The molecule has 0 atom stereocenters. The van der Waals surface area contributed by atoms with Crippen molar-refractivity contribution in [3.05, 3.63) is 27.8 Å². The fourth-order valence-corrected chi connectivity index (χ4v) is 4.18. The summed E-state index contributed by atoms with van der Waals surface area (Å²) in [6, 6.07) is 6.79. The molecule has 1 aliphatic rings. The monoisotopic (exact) mass is 423 g/mol. The second-order valence-corrected chi connectivity index (χ2v) is 8.07. The average molecular weight is 423 g/mol. The molecule has 0 bridgehead atoms. The predicted octanol–water partition coefficient (Wildman–Crippen LogP) is 2.26. The lowest BCUT2D eigenvalue weighted by Crippen LogP contribution is -2.40. The number of benzene rings is 1. The quantitative estimate of drug-likeness (QED) is 0.551. The lowest BCUT2D eigenvalue weighted by molar-refractivity contribution is -0.149. The van der Waals surface area contributed by atoms with Gasteiger partial charge in [0.05, 0.1) is 17.4 Å². The molecule has 0 spiro atoms. The summed E-state index contributed by atoms with van der Waals surface area (Å²) in [4.78, 5) is 12.0. The Hall–Kier alpha value is -0.670. The van der Waals surface area contributed by atoms with E-state index in [4.69, 9.17) is 4.74 Å². The molecule has 21 heavy (non-hydrogen) atoms.